The number of alkyl carbamates (subject to hydrolysis) is 1. The van der Waals surface area contributed by atoms with E-state index < -0.39 is 36.4 Å². The molecule has 3 rings (SSSR count). The number of aliphatic carboxylic acids is 2. The molecule has 5 atom stereocenters. The topological polar surface area (TPSA) is 219 Å². The van der Waals surface area contributed by atoms with E-state index >= 15 is 0 Å². The smallest absolute Gasteiger partial charge is 0.547 e. The van der Waals surface area contributed by atoms with E-state index in [4.69, 9.17) is 25.2 Å². The van der Waals surface area contributed by atoms with Gasteiger partial charge in [0.25, 0.3) is 0 Å². The molecule has 6 N–H and O–H groups in total. The van der Waals surface area contributed by atoms with Gasteiger partial charge in [-0.05, 0) is 50.2 Å². The van der Waals surface area contributed by atoms with Crippen LogP contribution >= 0.6 is 0 Å². The number of cyclic esters (lactones) is 1. The standard InChI is InChI=1S/C16H21N3O2.C6H10O8.Ca/c1-19(2)6-5-12-9-17-15-4-3-11(8-14(12)15)7-13-10-21-16(20)18-13;7-1(3(9)5(11)12)2(8)4(10)6(13)14;/h3-4,8-9,13,17H,5-7,10H2,1-2H3,(H,18,20);1-4,7-10H,(H,11,12)(H,13,14);/q;;+2/p-2/t13-;1-,2-,3-,4+;/m00./s1. The monoisotopic (exact) mass is 535 g/mol. The van der Waals surface area contributed by atoms with E-state index in [2.05, 4.69) is 53.7 Å². The number of hydrogen-bond donors (Lipinski definition) is 6. The van der Waals surface area contributed by atoms with E-state index in [1.165, 1.54) is 22.0 Å². The van der Waals surface area contributed by atoms with Gasteiger partial charge in [-0.3, -0.25) is 0 Å². The molecule has 1 aromatic carbocycles. The third-order valence-corrected chi connectivity index (χ3v) is 5.36. The second-order valence-electron chi connectivity index (χ2n) is 8.40. The van der Waals surface area contributed by atoms with Crippen molar-refractivity contribution in [2.75, 3.05) is 27.2 Å². The minimum absolute atomic E-state index is 0. The first-order valence-corrected chi connectivity index (χ1v) is 10.7. The third kappa shape index (κ3) is 9.16. The van der Waals surface area contributed by atoms with E-state index in [-0.39, 0.29) is 49.9 Å². The molecule has 14 heteroatoms. The van der Waals surface area contributed by atoms with Crippen LogP contribution in [-0.4, -0.2) is 144 Å². The van der Waals surface area contributed by atoms with Crippen LogP contribution in [0.4, 0.5) is 4.79 Å². The summed E-state index contributed by atoms with van der Waals surface area (Å²) in [6, 6.07) is 6.53. The third-order valence-electron chi connectivity index (χ3n) is 5.36. The van der Waals surface area contributed by atoms with Gasteiger partial charge in [-0.1, -0.05) is 6.07 Å². The quantitative estimate of drug-likeness (QED) is 0.159. The molecule has 2 aromatic rings. The average molecular weight is 536 g/mol. The normalized spacial score (nSPS) is 18.2. The number of hydrogen-bond acceptors (Lipinski definition) is 11. The van der Waals surface area contributed by atoms with Crippen molar-refractivity contribution >= 4 is 66.7 Å². The number of carboxylic acid groups (broad SMARTS) is 2. The maximum Gasteiger partial charge on any atom is 2.00 e. The number of nitrogens with zero attached hydrogens (tertiary/aromatic N) is 1. The minimum atomic E-state index is -2.50. The molecule has 0 bridgehead atoms. The molecule has 2 heterocycles. The number of likely N-dealkylation sites (N-methyl/N-ethyl adjacent to an activating group) is 1. The Morgan fingerprint density at radius 1 is 1.11 bits per heavy atom. The summed E-state index contributed by atoms with van der Waals surface area (Å²) >= 11 is 0. The van der Waals surface area contributed by atoms with Crippen molar-refractivity contribution in [1.82, 2.24) is 15.2 Å². The van der Waals surface area contributed by atoms with E-state index in [1.807, 2.05) is 0 Å². The number of carboxylic acids is 2. The van der Waals surface area contributed by atoms with Crippen molar-refractivity contribution in [3.63, 3.8) is 0 Å². The second kappa shape index (κ2) is 14.7. The second-order valence-corrected chi connectivity index (χ2v) is 8.40. The Bertz CT molecular complexity index is 1010. The average Bonchev–Trinajstić information content (AvgIpc) is 3.41. The number of nitrogens with one attached hydrogen (secondary N) is 2. The number of aromatic nitrogens is 1. The van der Waals surface area contributed by atoms with Gasteiger partial charge in [0, 0.05) is 23.6 Å². The summed E-state index contributed by atoms with van der Waals surface area (Å²) in [4.78, 5) is 36.5. The summed E-state index contributed by atoms with van der Waals surface area (Å²) in [5.41, 5.74) is 3.73. The van der Waals surface area contributed by atoms with Crippen LogP contribution in [0.2, 0.25) is 0 Å². The molecule has 194 valence electrons. The Labute approximate surface area is 236 Å². The molecule has 36 heavy (non-hydrogen) atoms. The summed E-state index contributed by atoms with van der Waals surface area (Å²) in [5, 5.41) is 58.8. The summed E-state index contributed by atoms with van der Waals surface area (Å²) in [7, 11) is 4.17. The van der Waals surface area contributed by atoms with Crippen molar-refractivity contribution < 1.29 is 49.8 Å². The van der Waals surface area contributed by atoms with E-state index in [1.54, 1.807) is 0 Å². The fraction of sp³-hybridized carbons (Fsp3) is 0.500. The van der Waals surface area contributed by atoms with Crippen LogP contribution in [-0.2, 0) is 27.2 Å². The summed E-state index contributed by atoms with van der Waals surface area (Å²) < 4.78 is 4.94. The van der Waals surface area contributed by atoms with Crippen molar-refractivity contribution in [2.45, 2.75) is 43.3 Å². The Hall–Kier alpha value is -1.97. The molecule has 1 amide bonds. The first-order valence-electron chi connectivity index (χ1n) is 10.7. The van der Waals surface area contributed by atoms with E-state index in [0.717, 1.165) is 19.4 Å². The SMILES string of the molecule is CN(C)CCc1c[nH]c2ccc(C[C@H]3COC(=O)N3)cc12.O=C([O-])[C@@H](O)[C@@H](O)[C@H](O)[C@@H](O)C(=O)[O-].[Ca+2]. The molecular formula is C22H29CaN3O10. The van der Waals surface area contributed by atoms with Crippen LogP contribution in [0.3, 0.4) is 0 Å². The van der Waals surface area contributed by atoms with Crippen LogP contribution < -0.4 is 15.5 Å². The molecule has 0 saturated carbocycles. The van der Waals surface area contributed by atoms with Gasteiger partial charge in [-0.15, -0.1) is 0 Å². The van der Waals surface area contributed by atoms with Crippen LogP contribution in [0.15, 0.2) is 24.4 Å². The van der Waals surface area contributed by atoms with Crippen molar-refractivity contribution in [1.29, 1.82) is 0 Å². The number of amides is 1. The van der Waals surface area contributed by atoms with Gasteiger partial charge in [0.1, 0.15) is 31.0 Å². The molecule has 0 spiro atoms. The molecule has 1 aliphatic rings. The summed E-state index contributed by atoms with van der Waals surface area (Å²) in [6.45, 7) is 1.49. The maximum absolute atomic E-state index is 11.1. The van der Waals surface area contributed by atoms with Crippen molar-refractivity contribution in [2.24, 2.45) is 0 Å². The van der Waals surface area contributed by atoms with E-state index in [0.29, 0.717) is 6.61 Å². The number of carbonyl (C=O) groups excluding carboxylic acids is 3. The fourth-order valence-corrected chi connectivity index (χ4v) is 3.38. The zero-order valence-electron chi connectivity index (χ0n) is 19.9. The zero-order valence-corrected chi connectivity index (χ0v) is 22.1. The summed E-state index contributed by atoms with van der Waals surface area (Å²) in [6.07, 6.45) is -6.15. The number of ether oxygens (including phenoxy) is 1. The summed E-state index contributed by atoms with van der Waals surface area (Å²) in [5.74, 6) is -4.22. The molecule has 1 saturated heterocycles. The van der Waals surface area contributed by atoms with Crippen LogP contribution in [0, 0.1) is 0 Å². The van der Waals surface area contributed by atoms with Gasteiger partial charge in [-0.2, -0.15) is 0 Å². The molecule has 1 fully saturated rings. The molecule has 0 aliphatic carbocycles. The molecule has 0 radical (unpaired) electrons. The van der Waals surface area contributed by atoms with Crippen molar-refractivity contribution in [3.8, 4) is 0 Å². The molecule has 0 unspecified atom stereocenters. The van der Waals surface area contributed by atoms with Crippen LogP contribution in [0.1, 0.15) is 11.1 Å². The number of aliphatic hydroxyl groups is 4. The molecule has 1 aromatic heterocycles. The Balaban J connectivity index is 0.000000382. The molecule has 1 aliphatic heterocycles. The predicted molar refractivity (Wildman–Crippen MR) is 122 cm³/mol. The Morgan fingerprint density at radius 2 is 1.69 bits per heavy atom. The molecule has 13 nitrogen and oxygen atoms in total. The number of H-pyrrole nitrogens is 1. The minimum Gasteiger partial charge on any atom is -0.547 e. The number of carbonyl (C=O) groups is 3. The van der Waals surface area contributed by atoms with Gasteiger partial charge in [0.05, 0.1) is 18.0 Å². The number of fused-ring (bicyclic) bond motifs is 1. The molecular weight excluding hydrogens is 506 g/mol. The fourth-order valence-electron chi connectivity index (χ4n) is 3.38. The van der Waals surface area contributed by atoms with Gasteiger partial charge < -0.3 is 60.2 Å². The first-order chi connectivity index (χ1) is 16.4. The predicted octanol–water partition coefficient (Wildman–Crippen LogP) is -4.53. The zero-order chi connectivity index (χ0) is 26.3. The van der Waals surface area contributed by atoms with E-state index in [9.17, 15) is 24.6 Å². The van der Waals surface area contributed by atoms with Crippen LogP contribution in [0.5, 0.6) is 0 Å². The Morgan fingerprint density at radius 3 is 2.17 bits per heavy atom. The van der Waals surface area contributed by atoms with Crippen LogP contribution in [0.25, 0.3) is 10.9 Å². The number of rotatable bonds is 10. The van der Waals surface area contributed by atoms with Gasteiger partial charge in [0.2, 0.25) is 0 Å². The van der Waals surface area contributed by atoms with Gasteiger partial charge in [-0.25, -0.2) is 4.79 Å². The van der Waals surface area contributed by atoms with Crippen molar-refractivity contribution in [3.05, 3.63) is 35.5 Å². The van der Waals surface area contributed by atoms with Gasteiger partial charge in [0.15, 0.2) is 0 Å². The Kier molecular flexibility index (Phi) is 13.1. The first kappa shape index (κ1) is 32.1. The maximum atomic E-state index is 11.1. The number of aromatic amines is 1. The van der Waals surface area contributed by atoms with Gasteiger partial charge >= 0.3 is 43.8 Å². The number of aliphatic hydroxyl groups excluding tert-OH is 4. The largest absolute Gasteiger partial charge is 2.00 e. The number of benzene rings is 1.